The maximum atomic E-state index is 11.9. The molecule has 2 heterocycles. The zero-order chi connectivity index (χ0) is 14.9. The summed E-state index contributed by atoms with van der Waals surface area (Å²) in [5.74, 6) is -1.99. The number of nitrogens with one attached hydrogen (secondary N) is 2. The summed E-state index contributed by atoms with van der Waals surface area (Å²) < 4.78 is 5.10. The number of amides is 1. The van der Waals surface area contributed by atoms with Crippen molar-refractivity contribution in [3.8, 4) is 0 Å². The maximum absolute atomic E-state index is 11.9. The smallest absolute Gasteiger partial charge is 0.321 e. The van der Waals surface area contributed by atoms with Crippen molar-refractivity contribution in [2.45, 2.75) is 13.0 Å². The minimum atomic E-state index is -1.21. The first-order valence-corrected chi connectivity index (χ1v) is 5.80. The van der Waals surface area contributed by atoms with Crippen molar-refractivity contribution in [3.05, 3.63) is 27.9 Å². The van der Waals surface area contributed by atoms with Crippen LogP contribution >= 0.6 is 0 Å². The van der Waals surface area contributed by atoms with Gasteiger partial charge in [-0.3, -0.25) is 9.59 Å². The van der Waals surface area contributed by atoms with Crippen LogP contribution in [0.15, 0.2) is 12.1 Å². The molecule has 0 saturated carbocycles. The van der Waals surface area contributed by atoms with Crippen LogP contribution in [-0.4, -0.2) is 46.1 Å². The van der Waals surface area contributed by atoms with Gasteiger partial charge in [0.1, 0.15) is 5.41 Å². The van der Waals surface area contributed by atoms with Crippen molar-refractivity contribution >= 4 is 17.7 Å². The molecule has 1 aromatic heterocycles. The number of nitrogens with zero attached hydrogens (tertiary/aromatic N) is 1. The Kier molecular flexibility index (Phi) is 3.45. The Hall–Kier alpha value is -2.42. The van der Waals surface area contributed by atoms with Crippen molar-refractivity contribution < 1.29 is 24.4 Å². The highest BCUT2D eigenvalue weighted by Crippen LogP contribution is 2.29. The summed E-state index contributed by atoms with van der Waals surface area (Å²) in [6.45, 7) is 1.56. The summed E-state index contributed by atoms with van der Waals surface area (Å²) >= 11 is 0. The molecule has 1 aliphatic rings. The lowest BCUT2D eigenvalue weighted by Crippen LogP contribution is -2.49. The number of carbonyl (C=O) groups excluding carboxylic acids is 1. The Bertz CT molecular complexity index is 568. The highest BCUT2D eigenvalue weighted by atomic mass is 16.6. The van der Waals surface area contributed by atoms with Gasteiger partial charge in [-0.05, 0) is 17.9 Å². The van der Waals surface area contributed by atoms with E-state index >= 15 is 0 Å². The first kappa shape index (κ1) is 14.0. The summed E-state index contributed by atoms with van der Waals surface area (Å²) in [7, 11) is 0. The molecule has 0 aromatic carbocycles. The number of hydrogen-bond acceptors (Lipinski definition) is 5. The molecule has 0 spiro atoms. The molecular formula is C11H13N3O6. The Balaban J connectivity index is 2.11. The van der Waals surface area contributed by atoms with E-state index in [1.165, 1.54) is 13.0 Å². The number of ether oxygens (including phenoxy) is 1. The topological polar surface area (TPSA) is 135 Å². The normalized spacial score (nSPS) is 25.4. The van der Waals surface area contributed by atoms with E-state index in [2.05, 4.69) is 10.3 Å². The number of carboxylic acid groups (broad SMARTS) is 1. The second kappa shape index (κ2) is 4.93. The zero-order valence-electron chi connectivity index (χ0n) is 10.6. The van der Waals surface area contributed by atoms with Crippen molar-refractivity contribution in [1.82, 2.24) is 10.3 Å². The Morgan fingerprint density at radius 3 is 2.85 bits per heavy atom. The molecule has 1 aliphatic heterocycles. The Labute approximate surface area is 113 Å². The van der Waals surface area contributed by atoms with Gasteiger partial charge in [-0.1, -0.05) is 0 Å². The predicted octanol–water partition coefficient (Wildman–Crippen LogP) is 0.142. The summed E-state index contributed by atoms with van der Waals surface area (Å²) in [4.78, 5) is 35.4. The average Bonchev–Trinajstić information content (AvgIpc) is 2.98. The summed E-state index contributed by atoms with van der Waals surface area (Å²) in [6.07, 6.45) is 0. The van der Waals surface area contributed by atoms with E-state index in [9.17, 15) is 24.8 Å². The van der Waals surface area contributed by atoms with Crippen molar-refractivity contribution in [3.63, 3.8) is 0 Å². The van der Waals surface area contributed by atoms with Crippen LogP contribution in [0.2, 0.25) is 0 Å². The predicted molar refractivity (Wildman–Crippen MR) is 65.3 cm³/mol. The number of carbonyl (C=O) groups is 2. The van der Waals surface area contributed by atoms with Crippen molar-refractivity contribution in [1.29, 1.82) is 0 Å². The Morgan fingerprint density at radius 2 is 2.30 bits per heavy atom. The molecule has 108 valence electrons. The lowest BCUT2D eigenvalue weighted by molar-refractivity contribution is -0.389. The molecule has 9 heteroatoms. The third kappa shape index (κ3) is 2.35. The summed E-state index contributed by atoms with van der Waals surface area (Å²) in [5.41, 5.74) is -1.22. The number of aromatic nitrogens is 1. The van der Waals surface area contributed by atoms with Crippen LogP contribution < -0.4 is 5.32 Å². The minimum absolute atomic E-state index is 0.00183. The van der Waals surface area contributed by atoms with Gasteiger partial charge in [0, 0.05) is 6.07 Å². The largest absolute Gasteiger partial charge is 0.481 e. The lowest BCUT2D eigenvalue weighted by atomic mass is 9.85. The number of rotatable bonds is 4. The highest BCUT2D eigenvalue weighted by Gasteiger charge is 2.47. The van der Waals surface area contributed by atoms with Crippen LogP contribution in [-0.2, 0) is 9.53 Å². The number of nitro groups is 1. The van der Waals surface area contributed by atoms with Crippen LogP contribution in [0.4, 0.5) is 5.82 Å². The van der Waals surface area contributed by atoms with Gasteiger partial charge < -0.3 is 25.3 Å². The van der Waals surface area contributed by atoms with Gasteiger partial charge in [0.05, 0.1) is 19.3 Å². The van der Waals surface area contributed by atoms with Crippen LogP contribution in [0.3, 0.4) is 0 Å². The lowest BCUT2D eigenvalue weighted by Gasteiger charge is -2.24. The molecule has 2 unspecified atom stereocenters. The fourth-order valence-electron chi connectivity index (χ4n) is 1.94. The summed E-state index contributed by atoms with van der Waals surface area (Å²) in [6, 6.07) is 1.73. The van der Waals surface area contributed by atoms with E-state index < -0.39 is 28.3 Å². The third-order valence-corrected chi connectivity index (χ3v) is 3.36. The van der Waals surface area contributed by atoms with Crippen LogP contribution in [0.1, 0.15) is 17.4 Å². The standard InChI is InChI=1S/C11H13N3O6/c1-11(10(16)17)5-20-4-7(11)13-9(15)6-2-3-8(12-6)14(18)19/h2-3,7,12H,4-5H2,1H3,(H,13,15)(H,16,17). The van der Waals surface area contributed by atoms with Crippen LogP contribution in [0.25, 0.3) is 0 Å². The average molecular weight is 283 g/mol. The zero-order valence-corrected chi connectivity index (χ0v) is 10.6. The Morgan fingerprint density at radius 1 is 1.60 bits per heavy atom. The van der Waals surface area contributed by atoms with Gasteiger partial charge in [-0.15, -0.1) is 0 Å². The molecule has 0 radical (unpaired) electrons. The number of hydrogen-bond donors (Lipinski definition) is 3. The first-order chi connectivity index (χ1) is 9.34. The molecule has 1 amide bonds. The minimum Gasteiger partial charge on any atom is -0.481 e. The molecule has 1 aromatic rings. The molecule has 9 nitrogen and oxygen atoms in total. The van der Waals surface area contributed by atoms with E-state index in [0.717, 1.165) is 6.07 Å². The van der Waals surface area contributed by atoms with E-state index in [-0.39, 0.29) is 24.7 Å². The molecule has 20 heavy (non-hydrogen) atoms. The SMILES string of the molecule is CC1(C(=O)O)COCC1NC(=O)c1ccc([N+](=O)[O-])[nH]1. The molecule has 3 N–H and O–H groups in total. The molecular weight excluding hydrogens is 270 g/mol. The fourth-order valence-corrected chi connectivity index (χ4v) is 1.94. The number of aromatic amines is 1. The van der Waals surface area contributed by atoms with Gasteiger partial charge in [0.2, 0.25) is 0 Å². The van der Waals surface area contributed by atoms with Crippen molar-refractivity contribution in [2.24, 2.45) is 5.41 Å². The first-order valence-electron chi connectivity index (χ1n) is 5.80. The second-order valence-corrected chi connectivity index (χ2v) is 4.78. The summed E-state index contributed by atoms with van der Waals surface area (Å²) in [5, 5.41) is 22.2. The van der Waals surface area contributed by atoms with E-state index in [4.69, 9.17) is 4.74 Å². The van der Waals surface area contributed by atoms with E-state index in [1.54, 1.807) is 0 Å². The molecule has 2 atom stereocenters. The molecule has 0 aliphatic carbocycles. The van der Waals surface area contributed by atoms with Gasteiger partial charge >= 0.3 is 11.8 Å². The van der Waals surface area contributed by atoms with Gasteiger partial charge in [0.25, 0.3) is 5.91 Å². The fraction of sp³-hybridized carbons (Fsp3) is 0.455. The van der Waals surface area contributed by atoms with Crippen LogP contribution in [0, 0.1) is 15.5 Å². The third-order valence-electron chi connectivity index (χ3n) is 3.36. The second-order valence-electron chi connectivity index (χ2n) is 4.78. The van der Waals surface area contributed by atoms with E-state index in [1.807, 2.05) is 0 Å². The quantitative estimate of drug-likeness (QED) is 0.531. The maximum Gasteiger partial charge on any atom is 0.321 e. The number of aliphatic carboxylic acids is 1. The van der Waals surface area contributed by atoms with Crippen LogP contribution in [0.5, 0.6) is 0 Å². The number of H-pyrrole nitrogens is 1. The molecule has 1 fully saturated rings. The highest BCUT2D eigenvalue weighted by molar-refractivity contribution is 5.93. The van der Waals surface area contributed by atoms with Crippen molar-refractivity contribution in [2.75, 3.05) is 13.2 Å². The molecule has 1 saturated heterocycles. The van der Waals surface area contributed by atoms with Gasteiger partial charge in [-0.2, -0.15) is 0 Å². The monoisotopic (exact) mass is 283 g/mol. The van der Waals surface area contributed by atoms with E-state index in [0.29, 0.717) is 0 Å². The number of carboxylic acids is 1. The molecule has 2 rings (SSSR count). The molecule has 0 bridgehead atoms. The van der Waals surface area contributed by atoms with Gasteiger partial charge in [0.15, 0.2) is 5.69 Å². The van der Waals surface area contributed by atoms with Gasteiger partial charge in [-0.25, -0.2) is 4.98 Å².